The van der Waals surface area contributed by atoms with Crippen LogP contribution in [0.2, 0.25) is 0 Å². The van der Waals surface area contributed by atoms with E-state index in [1.807, 2.05) is 12.1 Å². The highest BCUT2D eigenvalue weighted by Gasteiger charge is 2.24. The van der Waals surface area contributed by atoms with E-state index in [0.717, 1.165) is 50.7 Å². The summed E-state index contributed by atoms with van der Waals surface area (Å²) in [7, 11) is 0. The molecule has 0 atom stereocenters. The Morgan fingerprint density at radius 2 is 1.20 bits per heavy atom. The van der Waals surface area contributed by atoms with Crippen LogP contribution in [0.25, 0.3) is 55.7 Å². The molecule has 0 saturated heterocycles. The molecule has 4 nitrogen and oxygen atoms in total. The standard InChI is InChI=1S/C41H29N3O/c1-3-11-28(12-4-1)29-19-21-31(22-20-29)43(41-26-36-35-16-8-10-18-39(35)45-40(36)27-42-41)32-23-24-34-33-15-7-9-17-37(33)44(38(34)25-32)30-13-5-2-6-14-30/h1-26,42H,27H2. The monoisotopic (exact) mass is 579 g/mol. The largest absolute Gasteiger partial charge is 0.459 e. The number of para-hydroxylation sites is 3. The van der Waals surface area contributed by atoms with E-state index < -0.39 is 0 Å². The number of anilines is 2. The first-order valence-corrected chi connectivity index (χ1v) is 15.3. The van der Waals surface area contributed by atoms with Crippen LogP contribution < -0.4 is 10.2 Å². The van der Waals surface area contributed by atoms with E-state index in [1.54, 1.807) is 0 Å². The van der Waals surface area contributed by atoms with Gasteiger partial charge in [-0.25, -0.2) is 0 Å². The average Bonchev–Trinajstić information content (AvgIpc) is 3.65. The summed E-state index contributed by atoms with van der Waals surface area (Å²) in [6, 6.07) is 53.7. The zero-order valence-electron chi connectivity index (χ0n) is 24.5. The molecule has 0 amide bonds. The molecule has 1 N–H and O–H groups in total. The third-order valence-electron chi connectivity index (χ3n) is 8.83. The highest BCUT2D eigenvalue weighted by Crippen LogP contribution is 2.40. The predicted molar refractivity (Wildman–Crippen MR) is 186 cm³/mol. The van der Waals surface area contributed by atoms with Crippen LogP contribution in [0.1, 0.15) is 11.3 Å². The molecule has 45 heavy (non-hydrogen) atoms. The van der Waals surface area contributed by atoms with Crippen molar-refractivity contribution in [3.8, 4) is 16.8 Å². The Kier molecular flexibility index (Phi) is 5.85. The van der Waals surface area contributed by atoms with Gasteiger partial charge in [0.05, 0.1) is 17.6 Å². The van der Waals surface area contributed by atoms with Gasteiger partial charge in [0.15, 0.2) is 0 Å². The third kappa shape index (κ3) is 4.22. The molecule has 214 valence electrons. The number of fused-ring (bicyclic) bond motifs is 6. The molecule has 0 bridgehead atoms. The first-order chi connectivity index (χ1) is 22.3. The minimum Gasteiger partial charge on any atom is -0.459 e. The second-order valence-electron chi connectivity index (χ2n) is 11.5. The maximum absolute atomic E-state index is 6.22. The van der Waals surface area contributed by atoms with Crippen LogP contribution in [0.4, 0.5) is 11.4 Å². The minimum atomic E-state index is 0.612. The number of hydrogen-bond acceptors (Lipinski definition) is 3. The summed E-state index contributed by atoms with van der Waals surface area (Å²) in [5.74, 6) is 1.96. The van der Waals surface area contributed by atoms with Gasteiger partial charge in [-0.05, 0) is 65.7 Å². The second kappa shape index (κ2) is 10.3. The van der Waals surface area contributed by atoms with Crippen molar-refractivity contribution in [3.05, 3.63) is 169 Å². The number of hydrogen-bond donors (Lipinski definition) is 1. The summed E-state index contributed by atoms with van der Waals surface area (Å²) in [6.45, 7) is 0.612. The Bertz CT molecular complexity index is 2360. The Morgan fingerprint density at radius 1 is 0.556 bits per heavy atom. The molecule has 0 unspecified atom stereocenters. The lowest BCUT2D eigenvalue weighted by Gasteiger charge is -2.30. The molecule has 3 heterocycles. The molecule has 0 saturated carbocycles. The van der Waals surface area contributed by atoms with Crippen LogP contribution >= 0.6 is 0 Å². The van der Waals surface area contributed by atoms with Crippen LogP contribution in [-0.2, 0) is 6.54 Å². The van der Waals surface area contributed by atoms with E-state index in [9.17, 15) is 0 Å². The van der Waals surface area contributed by atoms with Crippen molar-refractivity contribution in [3.63, 3.8) is 0 Å². The van der Waals surface area contributed by atoms with Crippen molar-refractivity contribution >= 4 is 50.2 Å². The van der Waals surface area contributed by atoms with Gasteiger partial charge in [-0.2, -0.15) is 0 Å². The van der Waals surface area contributed by atoms with Crippen LogP contribution in [0, 0.1) is 0 Å². The second-order valence-corrected chi connectivity index (χ2v) is 11.5. The molecule has 0 fully saturated rings. The predicted octanol–water partition coefficient (Wildman–Crippen LogP) is 10.4. The highest BCUT2D eigenvalue weighted by molar-refractivity contribution is 6.10. The van der Waals surface area contributed by atoms with Crippen molar-refractivity contribution in [2.75, 3.05) is 4.90 Å². The number of benzene rings is 6. The van der Waals surface area contributed by atoms with Crippen LogP contribution in [0.15, 0.2) is 162 Å². The van der Waals surface area contributed by atoms with Crippen molar-refractivity contribution < 1.29 is 4.42 Å². The molecular formula is C41H29N3O. The summed E-state index contributed by atoms with van der Waals surface area (Å²) < 4.78 is 8.59. The molecular weight excluding hydrogens is 550 g/mol. The van der Waals surface area contributed by atoms with Crippen LogP contribution in [0.5, 0.6) is 0 Å². The van der Waals surface area contributed by atoms with E-state index in [0.29, 0.717) is 6.54 Å². The summed E-state index contributed by atoms with van der Waals surface area (Å²) in [5, 5.41) is 7.29. The number of furan rings is 1. The van der Waals surface area contributed by atoms with Crippen LogP contribution in [-0.4, -0.2) is 4.57 Å². The zero-order valence-corrected chi connectivity index (χ0v) is 24.5. The summed E-state index contributed by atoms with van der Waals surface area (Å²) in [6.07, 6.45) is 2.23. The molecule has 6 aromatic carbocycles. The van der Waals surface area contributed by atoms with Crippen LogP contribution in [0.3, 0.4) is 0 Å². The number of rotatable bonds is 5. The van der Waals surface area contributed by atoms with Crippen molar-refractivity contribution in [2.45, 2.75) is 6.54 Å². The van der Waals surface area contributed by atoms with Gasteiger partial charge in [-0.1, -0.05) is 103 Å². The minimum absolute atomic E-state index is 0.612. The maximum Gasteiger partial charge on any atom is 0.135 e. The number of nitrogens with zero attached hydrogens (tertiary/aromatic N) is 2. The lowest BCUT2D eigenvalue weighted by Crippen LogP contribution is -2.30. The van der Waals surface area contributed by atoms with Gasteiger partial charge in [0.1, 0.15) is 17.2 Å². The smallest absolute Gasteiger partial charge is 0.135 e. The lowest BCUT2D eigenvalue weighted by atomic mass is 10.0. The fraction of sp³-hybridized carbons (Fsp3) is 0.0244. The average molecular weight is 580 g/mol. The summed E-state index contributed by atoms with van der Waals surface area (Å²) >= 11 is 0. The first-order valence-electron chi connectivity index (χ1n) is 15.3. The Labute approximate surface area is 261 Å². The van der Waals surface area contributed by atoms with E-state index in [4.69, 9.17) is 4.42 Å². The Morgan fingerprint density at radius 3 is 2.02 bits per heavy atom. The molecule has 4 heteroatoms. The molecule has 9 rings (SSSR count). The van der Waals surface area contributed by atoms with E-state index in [-0.39, 0.29) is 0 Å². The van der Waals surface area contributed by atoms with E-state index in [1.165, 1.54) is 27.4 Å². The van der Waals surface area contributed by atoms with E-state index in [2.05, 4.69) is 160 Å². The SMILES string of the molecule is C1=C(N(c2ccc(-c3ccccc3)cc2)c2ccc3c4ccccc4n(-c4ccccc4)c3c2)NCc2oc3ccccc3c21. The van der Waals surface area contributed by atoms with Gasteiger partial charge in [0.2, 0.25) is 0 Å². The quantitative estimate of drug-likeness (QED) is 0.220. The maximum atomic E-state index is 6.22. The van der Waals surface area contributed by atoms with Gasteiger partial charge < -0.3 is 14.3 Å². The summed E-state index contributed by atoms with van der Waals surface area (Å²) in [5.41, 5.74) is 10.1. The number of aromatic nitrogens is 1. The Balaban J connectivity index is 1.26. The lowest BCUT2D eigenvalue weighted by molar-refractivity contribution is 0.525. The van der Waals surface area contributed by atoms with Crippen molar-refractivity contribution in [1.29, 1.82) is 0 Å². The third-order valence-corrected chi connectivity index (χ3v) is 8.83. The fourth-order valence-electron chi connectivity index (χ4n) is 6.72. The molecule has 0 radical (unpaired) electrons. The van der Waals surface area contributed by atoms with Gasteiger partial charge in [-0.3, -0.25) is 4.90 Å². The Hall–Kier alpha value is -6.00. The van der Waals surface area contributed by atoms with Gasteiger partial charge in [0.25, 0.3) is 0 Å². The molecule has 2 aromatic heterocycles. The normalized spacial score (nSPS) is 12.7. The zero-order chi connectivity index (χ0) is 29.7. The number of nitrogens with one attached hydrogen (secondary N) is 1. The fourth-order valence-corrected chi connectivity index (χ4v) is 6.72. The summed E-state index contributed by atoms with van der Waals surface area (Å²) in [4.78, 5) is 2.33. The van der Waals surface area contributed by atoms with Crippen molar-refractivity contribution in [1.82, 2.24) is 9.88 Å². The van der Waals surface area contributed by atoms with E-state index >= 15 is 0 Å². The van der Waals surface area contributed by atoms with Gasteiger partial charge in [-0.15, -0.1) is 0 Å². The first kappa shape index (κ1) is 25.5. The molecule has 8 aromatic rings. The molecule has 0 aliphatic carbocycles. The van der Waals surface area contributed by atoms with Gasteiger partial charge in [0, 0.05) is 38.8 Å². The van der Waals surface area contributed by atoms with Crippen molar-refractivity contribution in [2.24, 2.45) is 0 Å². The molecule has 1 aliphatic heterocycles. The topological polar surface area (TPSA) is 33.3 Å². The van der Waals surface area contributed by atoms with Gasteiger partial charge >= 0.3 is 0 Å². The molecule has 0 spiro atoms. The molecule has 1 aliphatic rings. The highest BCUT2D eigenvalue weighted by atomic mass is 16.3.